The van der Waals surface area contributed by atoms with Crippen molar-refractivity contribution in [3.63, 3.8) is 0 Å². The molecule has 1 aromatic carbocycles. The van der Waals surface area contributed by atoms with Crippen molar-refractivity contribution >= 4 is 11.6 Å². The molecule has 1 aliphatic rings. The molecule has 0 saturated heterocycles. The van der Waals surface area contributed by atoms with Crippen LogP contribution in [0.1, 0.15) is 18.4 Å². The third-order valence-electron chi connectivity index (χ3n) is 3.39. The number of hydrogen-bond acceptors (Lipinski definition) is 4. The van der Waals surface area contributed by atoms with Crippen LogP contribution in [0.2, 0.25) is 5.02 Å². The van der Waals surface area contributed by atoms with E-state index in [0.717, 1.165) is 18.4 Å². The van der Waals surface area contributed by atoms with Gasteiger partial charge in [-0.2, -0.15) is 0 Å². The van der Waals surface area contributed by atoms with E-state index in [1.807, 2.05) is 24.3 Å². The van der Waals surface area contributed by atoms with Crippen molar-refractivity contribution in [3.8, 4) is 0 Å². The van der Waals surface area contributed by atoms with Gasteiger partial charge in [-0.05, 0) is 24.5 Å². The normalized spacial score (nSPS) is 18.3. The molecular weight excluding hydrogens is 266 g/mol. The van der Waals surface area contributed by atoms with E-state index in [0.29, 0.717) is 18.2 Å². The molecule has 3 N–H and O–H groups in total. The van der Waals surface area contributed by atoms with Crippen LogP contribution in [-0.4, -0.2) is 41.6 Å². The summed E-state index contributed by atoms with van der Waals surface area (Å²) in [5, 5.41) is 22.8. The highest BCUT2D eigenvalue weighted by Crippen LogP contribution is 2.34. The summed E-state index contributed by atoms with van der Waals surface area (Å²) in [6, 6.07) is 7.49. The standard InChI is InChI=1S/C14H20ClNO3/c15-13-4-2-1-3-11(13)8-19-9-12(18)7-16-14(10-17)5-6-14/h1-4,12,16-18H,5-10H2. The van der Waals surface area contributed by atoms with E-state index in [1.54, 1.807) is 0 Å². The summed E-state index contributed by atoms with van der Waals surface area (Å²) < 4.78 is 5.44. The molecule has 0 aromatic heterocycles. The van der Waals surface area contributed by atoms with Crippen LogP contribution >= 0.6 is 11.6 Å². The molecule has 1 fully saturated rings. The zero-order valence-corrected chi connectivity index (χ0v) is 11.6. The van der Waals surface area contributed by atoms with E-state index < -0.39 is 6.10 Å². The van der Waals surface area contributed by atoms with Crippen molar-refractivity contribution in [3.05, 3.63) is 34.9 Å². The van der Waals surface area contributed by atoms with Gasteiger partial charge in [0.15, 0.2) is 0 Å². The Bertz CT molecular complexity index is 409. The summed E-state index contributed by atoms with van der Waals surface area (Å²) in [7, 11) is 0. The second-order valence-electron chi connectivity index (χ2n) is 5.08. The van der Waals surface area contributed by atoms with Gasteiger partial charge in [0, 0.05) is 17.1 Å². The van der Waals surface area contributed by atoms with E-state index >= 15 is 0 Å². The molecule has 5 heteroatoms. The van der Waals surface area contributed by atoms with Gasteiger partial charge in [-0.3, -0.25) is 0 Å². The summed E-state index contributed by atoms with van der Waals surface area (Å²) in [6.45, 7) is 1.20. The number of hydrogen-bond donors (Lipinski definition) is 3. The van der Waals surface area contributed by atoms with Gasteiger partial charge in [0.1, 0.15) is 0 Å². The Kier molecular flexibility index (Phi) is 5.19. The molecule has 2 rings (SSSR count). The molecular formula is C14H20ClNO3. The zero-order chi connectivity index (χ0) is 13.7. The number of halogens is 1. The smallest absolute Gasteiger partial charge is 0.0898 e. The first-order valence-electron chi connectivity index (χ1n) is 6.50. The highest BCUT2D eigenvalue weighted by Gasteiger charge is 2.41. The van der Waals surface area contributed by atoms with Gasteiger partial charge in [-0.1, -0.05) is 29.8 Å². The molecule has 1 saturated carbocycles. The molecule has 0 radical (unpaired) electrons. The van der Waals surface area contributed by atoms with Crippen LogP contribution in [0.15, 0.2) is 24.3 Å². The van der Waals surface area contributed by atoms with E-state index in [-0.39, 0.29) is 18.8 Å². The van der Waals surface area contributed by atoms with Crippen molar-refractivity contribution in [2.24, 2.45) is 0 Å². The van der Waals surface area contributed by atoms with Crippen LogP contribution in [-0.2, 0) is 11.3 Å². The average Bonchev–Trinajstić information content (AvgIpc) is 3.19. The van der Waals surface area contributed by atoms with Crippen molar-refractivity contribution in [2.45, 2.75) is 31.1 Å². The van der Waals surface area contributed by atoms with Gasteiger partial charge in [0.05, 0.1) is 25.9 Å². The number of rotatable bonds is 8. The van der Waals surface area contributed by atoms with Gasteiger partial charge in [-0.15, -0.1) is 0 Å². The van der Waals surface area contributed by atoms with Crippen molar-refractivity contribution in [1.82, 2.24) is 5.32 Å². The summed E-state index contributed by atoms with van der Waals surface area (Å²) in [5.41, 5.74) is 0.766. The SMILES string of the molecule is OCC1(NCC(O)COCc2ccccc2Cl)CC1. The first kappa shape index (κ1) is 14.8. The van der Waals surface area contributed by atoms with Crippen LogP contribution in [0, 0.1) is 0 Å². The number of benzene rings is 1. The Labute approximate surface area is 118 Å². The molecule has 106 valence electrons. The molecule has 1 aromatic rings. The van der Waals surface area contributed by atoms with Crippen molar-refractivity contribution < 1.29 is 14.9 Å². The molecule has 0 bridgehead atoms. The molecule has 0 amide bonds. The van der Waals surface area contributed by atoms with Crippen LogP contribution in [0.3, 0.4) is 0 Å². The minimum Gasteiger partial charge on any atom is -0.394 e. The van der Waals surface area contributed by atoms with Crippen LogP contribution in [0.5, 0.6) is 0 Å². The van der Waals surface area contributed by atoms with Crippen molar-refractivity contribution in [2.75, 3.05) is 19.8 Å². The second kappa shape index (κ2) is 6.68. The van der Waals surface area contributed by atoms with Crippen LogP contribution in [0.4, 0.5) is 0 Å². The predicted molar refractivity (Wildman–Crippen MR) is 74.2 cm³/mol. The number of nitrogens with one attached hydrogen (secondary N) is 1. The fraction of sp³-hybridized carbons (Fsp3) is 0.571. The van der Waals surface area contributed by atoms with Gasteiger partial charge in [0.2, 0.25) is 0 Å². The molecule has 0 spiro atoms. The first-order valence-corrected chi connectivity index (χ1v) is 6.88. The summed E-state index contributed by atoms with van der Waals surface area (Å²) in [6.07, 6.45) is 1.36. The Morgan fingerprint density at radius 3 is 2.74 bits per heavy atom. The van der Waals surface area contributed by atoms with E-state index in [2.05, 4.69) is 5.32 Å². The molecule has 1 unspecified atom stereocenters. The van der Waals surface area contributed by atoms with E-state index in [4.69, 9.17) is 21.4 Å². The minimum atomic E-state index is -0.577. The molecule has 4 nitrogen and oxygen atoms in total. The number of β-amino-alcohol motifs (C(OH)–C–C–N with tert-alkyl or cyclic N) is 1. The van der Waals surface area contributed by atoms with Gasteiger partial charge in [0.25, 0.3) is 0 Å². The maximum atomic E-state index is 9.78. The molecule has 1 aliphatic carbocycles. The lowest BCUT2D eigenvalue weighted by Gasteiger charge is -2.18. The van der Waals surface area contributed by atoms with Crippen LogP contribution in [0.25, 0.3) is 0 Å². The average molecular weight is 286 g/mol. The lowest BCUT2D eigenvalue weighted by atomic mass is 10.2. The van der Waals surface area contributed by atoms with Crippen LogP contribution < -0.4 is 5.32 Å². The van der Waals surface area contributed by atoms with E-state index in [1.165, 1.54) is 0 Å². The Balaban J connectivity index is 1.64. The summed E-state index contributed by atoms with van der Waals surface area (Å²) in [5.74, 6) is 0. The number of aliphatic hydroxyl groups excluding tert-OH is 2. The highest BCUT2D eigenvalue weighted by molar-refractivity contribution is 6.31. The predicted octanol–water partition coefficient (Wildman–Crippen LogP) is 1.33. The first-order chi connectivity index (χ1) is 9.15. The van der Waals surface area contributed by atoms with Gasteiger partial charge >= 0.3 is 0 Å². The lowest BCUT2D eigenvalue weighted by Crippen LogP contribution is -2.41. The maximum Gasteiger partial charge on any atom is 0.0898 e. The fourth-order valence-electron chi connectivity index (χ4n) is 1.86. The quantitative estimate of drug-likeness (QED) is 0.674. The zero-order valence-electron chi connectivity index (χ0n) is 10.8. The number of aliphatic hydroxyl groups is 2. The van der Waals surface area contributed by atoms with Gasteiger partial charge < -0.3 is 20.3 Å². The topological polar surface area (TPSA) is 61.7 Å². The molecule has 0 heterocycles. The summed E-state index contributed by atoms with van der Waals surface area (Å²) in [4.78, 5) is 0. The maximum absolute atomic E-state index is 9.78. The van der Waals surface area contributed by atoms with Crippen molar-refractivity contribution in [1.29, 1.82) is 0 Å². The molecule has 19 heavy (non-hydrogen) atoms. The lowest BCUT2D eigenvalue weighted by molar-refractivity contribution is 0.0259. The minimum absolute atomic E-state index is 0.125. The largest absolute Gasteiger partial charge is 0.394 e. The molecule has 0 aliphatic heterocycles. The second-order valence-corrected chi connectivity index (χ2v) is 5.49. The van der Waals surface area contributed by atoms with Gasteiger partial charge in [-0.25, -0.2) is 0 Å². The highest BCUT2D eigenvalue weighted by atomic mass is 35.5. The third kappa shape index (κ3) is 4.44. The van der Waals surface area contributed by atoms with E-state index in [9.17, 15) is 5.11 Å². The number of ether oxygens (including phenoxy) is 1. The Hall–Kier alpha value is -0.650. The summed E-state index contributed by atoms with van der Waals surface area (Å²) >= 11 is 6.00. The third-order valence-corrected chi connectivity index (χ3v) is 3.76. The Morgan fingerprint density at radius 2 is 2.11 bits per heavy atom. The monoisotopic (exact) mass is 285 g/mol. The fourth-order valence-corrected chi connectivity index (χ4v) is 2.05. The molecule has 1 atom stereocenters. The Morgan fingerprint density at radius 1 is 1.37 bits per heavy atom.